The minimum Gasteiger partial charge on any atom is -0.492 e. The van der Waals surface area contributed by atoms with Crippen LogP contribution in [0.5, 0.6) is 5.75 Å². The van der Waals surface area contributed by atoms with Crippen LogP contribution in [0.15, 0.2) is 16.7 Å². The maximum absolute atomic E-state index is 13.9. The SMILES string of the molecule is O=C(O)c1cc(-c2c(F)cc(F)c3c2OCC3)no1. The van der Waals surface area contributed by atoms with E-state index in [0.717, 1.165) is 12.1 Å². The molecule has 5 nitrogen and oxygen atoms in total. The van der Waals surface area contributed by atoms with Crippen LogP contribution < -0.4 is 4.74 Å². The third kappa shape index (κ3) is 1.74. The van der Waals surface area contributed by atoms with Crippen LogP contribution in [0.1, 0.15) is 16.1 Å². The van der Waals surface area contributed by atoms with Crippen molar-refractivity contribution in [3.05, 3.63) is 35.1 Å². The second kappa shape index (κ2) is 4.04. The highest BCUT2D eigenvalue weighted by Gasteiger charge is 2.27. The number of halogens is 2. The summed E-state index contributed by atoms with van der Waals surface area (Å²) >= 11 is 0. The van der Waals surface area contributed by atoms with Crippen LogP contribution in [0.2, 0.25) is 0 Å². The molecule has 1 N–H and O–H groups in total. The lowest BCUT2D eigenvalue weighted by Crippen LogP contribution is -1.94. The van der Waals surface area contributed by atoms with Gasteiger partial charge in [0, 0.05) is 24.1 Å². The van der Waals surface area contributed by atoms with Gasteiger partial charge < -0.3 is 14.4 Å². The molecular formula is C12H7F2NO4. The minimum atomic E-state index is -1.32. The number of rotatable bonds is 2. The normalized spacial score (nSPS) is 13.2. The number of benzene rings is 1. The van der Waals surface area contributed by atoms with Gasteiger partial charge in [-0.15, -0.1) is 0 Å². The first kappa shape index (κ1) is 11.6. The molecule has 0 fully saturated rings. The molecule has 2 heterocycles. The Bertz CT molecular complexity index is 681. The number of carboxylic acid groups (broad SMARTS) is 1. The van der Waals surface area contributed by atoms with Crippen molar-refractivity contribution in [3.8, 4) is 17.0 Å². The molecule has 98 valence electrons. The molecule has 7 heteroatoms. The monoisotopic (exact) mass is 267 g/mol. The molecule has 1 aliphatic heterocycles. The fourth-order valence-electron chi connectivity index (χ4n) is 2.02. The van der Waals surface area contributed by atoms with Crippen molar-refractivity contribution in [2.24, 2.45) is 0 Å². The lowest BCUT2D eigenvalue weighted by atomic mass is 10.0. The average Bonchev–Trinajstić information content (AvgIpc) is 2.97. The first-order valence-corrected chi connectivity index (χ1v) is 5.42. The van der Waals surface area contributed by atoms with Gasteiger partial charge in [0.2, 0.25) is 5.76 Å². The average molecular weight is 267 g/mol. The Morgan fingerprint density at radius 1 is 1.32 bits per heavy atom. The quantitative estimate of drug-likeness (QED) is 0.903. The first-order valence-electron chi connectivity index (χ1n) is 5.42. The van der Waals surface area contributed by atoms with E-state index in [-0.39, 0.29) is 29.2 Å². The van der Waals surface area contributed by atoms with Crippen molar-refractivity contribution in [1.82, 2.24) is 5.16 Å². The van der Waals surface area contributed by atoms with E-state index in [2.05, 4.69) is 9.68 Å². The van der Waals surface area contributed by atoms with Crippen LogP contribution in [0.3, 0.4) is 0 Å². The molecule has 0 unspecified atom stereocenters. The Hall–Kier alpha value is -2.44. The molecule has 1 aromatic carbocycles. The predicted molar refractivity (Wildman–Crippen MR) is 58.0 cm³/mol. The number of hydrogen-bond acceptors (Lipinski definition) is 4. The number of nitrogens with zero attached hydrogens (tertiary/aromatic N) is 1. The highest BCUT2D eigenvalue weighted by molar-refractivity contribution is 5.86. The minimum absolute atomic E-state index is 0.0342. The number of hydrogen-bond donors (Lipinski definition) is 1. The highest BCUT2D eigenvalue weighted by atomic mass is 19.1. The second-order valence-electron chi connectivity index (χ2n) is 4.00. The molecule has 0 bridgehead atoms. The fraction of sp³-hybridized carbons (Fsp3) is 0.167. The van der Waals surface area contributed by atoms with Gasteiger partial charge >= 0.3 is 5.97 Å². The van der Waals surface area contributed by atoms with Gasteiger partial charge in [0.25, 0.3) is 0 Å². The van der Waals surface area contributed by atoms with Gasteiger partial charge in [-0.25, -0.2) is 13.6 Å². The number of aromatic nitrogens is 1. The van der Waals surface area contributed by atoms with Crippen LogP contribution in [0, 0.1) is 11.6 Å². The molecule has 1 aliphatic rings. The van der Waals surface area contributed by atoms with Crippen LogP contribution in [-0.2, 0) is 6.42 Å². The Balaban J connectivity index is 2.19. The molecule has 0 saturated heterocycles. The van der Waals surface area contributed by atoms with Crippen LogP contribution >= 0.6 is 0 Å². The van der Waals surface area contributed by atoms with Gasteiger partial charge in [-0.1, -0.05) is 5.16 Å². The summed E-state index contributed by atoms with van der Waals surface area (Å²) in [6.45, 7) is 0.242. The Morgan fingerprint density at radius 3 is 2.79 bits per heavy atom. The summed E-state index contributed by atoms with van der Waals surface area (Å²) in [5.74, 6) is -3.24. The van der Waals surface area contributed by atoms with Crippen LogP contribution in [0.25, 0.3) is 11.3 Å². The van der Waals surface area contributed by atoms with E-state index >= 15 is 0 Å². The molecule has 0 radical (unpaired) electrons. The first-order chi connectivity index (χ1) is 9.08. The zero-order valence-electron chi connectivity index (χ0n) is 9.44. The molecule has 3 rings (SSSR count). The molecule has 0 amide bonds. The predicted octanol–water partition coefficient (Wildman–Crippen LogP) is 2.25. The lowest BCUT2D eigenvalue weighted by molar-refractivity contribution is 0.0652. The van der Waals surface area contributed by atoms with Crippen molar-refractivity contribution in [3.63, 3.8) is 0 Å². The summed E-state index contributed by atoms with van der Waals surface area (Å²) in [4.78, 5) is 10.7. The number of ether oxygens (including phenoxy) is 1. The summed E-state index contributed by atoms with van der Waals surface area (Å²) in [5.41, 5.74) is 0.148. The maximum Gasteiger partial charge on any atom is 0.374 e. The third-order valence-electron chi connectivity index (χ3n) is 2.86. The number of carbonyl (C=O) groups is 1. The number of aromatic carboxylic acids is 1. The summed E-state index contributed by atoms with van der Waals surface area (Å²) in [5, 5.41) is 12.2. The summed E-state index contributed by atoms with van der Waals surface area (Å²) in [6, 6.07) is 1.80. The molecule has 2 aromatic rings. The van der Waals surface area contributed by atoms with Crippen molar-refractivity contribution in [2.75, 3.05) is 6.61 Å². The standard InChI is InChI=1S/C12H7F2NO4/c13-6-3-7(14)10(11-5(6)1-2-18-11)8-4-9(12(16)17)19-15-8/h3-4H,1-2H2,(H,16,17). The second-order valence-corrected chi connectivity index (χ2v) is 4.00. The molecule has 0 spiro atoms. The van der Waals surface area contributed by atoms with Crippen LogP contribution in [0.4, 0.5) is 8.78 Å². The van der Waals surface area contributed by atoms with Gasteiger partial charge in [-0.2, -0.15) is 0 Å². The molecular weight excluding hydrogens is 260 g/mol. The topological polar surface area (TPSA) is 72.6 Å². The van der Waals surface area contributed by atoms with Crippen molar-refractivity contribution in [2.45, 2.75) is 6.42 Å². The summed E-state index contributed by atoms with van der Waals surface area (Å²) in [7, 11) is 0. The van der Waals surface area contributed by atoms with Gasteiger partial charge in [-0.05, 0) is 0 Å². The summed E-state index contributed by atoms with van der Waals surface area (Å²) in [6.07, 6.45) is 0.331. The van der Waals surface area contributed by atoms with Gasteiger partial charge in [0.05, 0.1) is 12.2 Å². The fourth-order valence-corrected chi connectivity index (χ4v) is 2.02. The van der Waals surface area contributed by atoms with Crippen molar-refractivity contribution in [1.29, 1.82) is 0 Å². The van der Waals surface area contributed by atoms with Gasteiger partial charge in [0.1, 0.15) is 23.1 Å². The van der Waals surface area contributed by atoms with Crippen molar-refractivity contribution < 1.29 is 27.9 Å². The van der Waals surface area contributed by atoms with Crippen LogP contribution in [-0.4, -0.2) is 22.8 Å². The Kier molecular flexibility index (Phi) is 2.48. The smallest absolute Gasteiger partial charge is 0.374 e. The Morgan fingerprint density at radius 2 is 2.11 bits per heavy atom. The molecule has 0 saturated carbocycles. The van der Waals surface area contributed by atoms with Gasteiger partial charge in [-0.3, -0.25) is 0 Å². The largest absolute Gasteiger partial charge is 0.492 e. The van der Waals surface area contributed by atoms with E-state index in [1.165, 1.54) is 0 Å². The van der Waals surface area contributed by atoms with Crippen molar-refractivity contribution >= 4 is 5.97 Å². The van der Waals surface area contributed by atoms with E-state index in [1.807, 2.05) is 0 Å². The zero-order valence-corrected chi connectivity index (χ0v) is 9.44. The van der Waals surface area contributed by atoms with E-state index in [0.29, 0.717) is 6.42 Å². The molecule has 0 aliphatic carbocycles. The maximum atomic E-state index is 13.9. The molecule has 0 atom stereocenters. The lowest BCUT2D eigenvalue weighted by Gasteiger charge is -2.07. The third-order valence-corrected chi connectivity index (χ3v) is 2.86. The van der Waals surface area contributed by atoms with E-state index < -0.39 is 23.4 Å². The van der Waals surface area contributed by atoms with E-state index in [9.17, 15) is 13.6 Å². The number of carboxylic acids is 1. The van der Waals surface area contributed by atoms with E-state index in [1.54, 1.807) is 0 Å². The molecule has 1 aromatic heterocycles. The highest BCUT2D eigenvalue weighted by Crippen LogP contribution is 2.40. The molecule has 19 heavy (non-hydrogen) atoms. The number of fused-ring (bicyclic) bond motifs is 1. The van der Waals surface area contributed by atoms with E-state index in [4.69, 9.17) is 9.84 Å². The summed E-state index contributed by atoms with van der Waals surface area (Å²) < 4.78 is 37.1. The Labute approximate surface area is 105 Å². The zero-order chi connectivity index (χ0) is 13.6. The van der Waals surface area contributed by atoms with Gasteiger partial charge in [0.15, 0.2) is 0 Å².